The van der Waals surface area contributed by atoms with Gasteiger partial charge in [-0.1, -0.05) is 29.8 Å². The van der Waals surface area contributed by atoms with Crippen LogP contribution in [0.25, 0.3) is 0 Å². The molecule has 0 aliphatic carbocycles. The highest BCUT2D eigenvalue weighted by atomic mass is 35.5. The quantitative estimate of drug-likeness (QED) is 0.482. The SMILES string of the molecule is Cn1c(CNc2cccc(C(=O)N[C@H]3COCc4c(Cl)cccc43)c2)nnc1C1CCNCC1F. The Kier molecular flexibility index (Phi) is 6.99. The molecule has 2 aliphatic rings. The van der Waals surface area contributed by atoms with Gasteiger partial charge < -0.3 is 25.3 Å². The van der Waals surface area contributed by atoms with Crippen molar-refractivity contribution < 1.29 is 13.9 Å². The van der Waals surface area contributed by atoms with Gasteiger partial charge in [0.15, 0.2) is 5.82 Å². The van der Waals surface area contributed by atoms with Crippen LogP contribution in [0.3, 0.4) is 0 Å². The average Bonchev–Trinajstić information content (AvgIpc) is 3.24. The van der Waals surface area contributed by atoms with Crippen LogP contribution >= 0.6 is 11.6 Å². The molecule has 0 radical (unpaired) electrons. The van der Waals surface area contributed by atoms with Gasteiger partial charge in [0, 0.05) is 35.4 Å². The normalized spacial score (nSPS) is 21.9. The first kappa shape index (κ1) is 23.7. The predicted molar refractivity (Wildman–Crippen MR) is 131 cm³/mol. The fourth-order valence-electron chi connectivity index (χ4n) is 4.70. The second kappa shape index (κ2) is 10.3. The molecule has 3 aromatic rings. The molecular weight excluding hydrogens is 471 g/mol. The third-order valence-corrected chi connectivity index (χ3v) is 7.03. The van der Waals surface area contributed by atoms with E-state index in [1.54, 1.807) is 12.1 Å². The molecule has 0 spiro atoms. The van der Waals surface area contributed by atoms with E-state index in [4.69, 9.17) is 16.3 Å². The minimum absolute atomic E-state index is 0.198. The van der Waals surface area contributed by atoms with Crippen molar-refractivity contribution in [1.29, 1.82) is 0 Å². The topological polar surface area (TPSA) is 93.1 Å². The van der Waals surface area contributed by atoms with Crippen LogP contribution in [0.5, 0.6) is 0 Å². The zero-order valence-corrected chi connectivity index (χ0v) is 20.2. The van der Waals surface area contributed by atoms with Crippen molar-refractivity contribution >= 4 is 23.2 Å². The van der Waals surface area contributed by atoms with Crippen molar-refractivity contribution in [1.82, 2.24) is 25.4 Å². The summed E-state index contributed by atoms with van der Waals surface area (Å²) in [6, 6.07) is 12.7. The van der Waals surface area contributed by atoms with E-state index >= 15 is 0 Å². The lowest BCUT2D eigenvalue weighted by atomic mass is 9.95. The fraction of sp³-hybridized carbons (Fsp3) is 0.400. The van der Waals surface area contributed by atoms with E-state index < -0.39 is 6.17 Å². The summed E-state index contributed by atoms with van der Waals surface area (Å²) in [6.45, 7) is 2.34. The number of amides is 1. The molecule has 184 valence electrons. The molecule has 8 nitrogen and oxygen atoms in total. The summed E-state index contributed by atoms with van der Waals surface area (Å²) in [4.78, 5) is 13.0. The number of hydrogen-bond acceptors (Lipinski definition) is 6. The molecule has 3 N–H and O–H groups in total. The van der Waals surface area contributed by atoms with Gasteiger partial charge in [-0.15, -0.1) is 10.2 Å². The van der Waals surface area contributed by atoms with Crippen molar-refractivity contribution in [3.8, 4) is 0 Å². The molecule has 3 heterocycles. The number of carbonyl (C=O) groups excluding carboxylic acids is 1. The van der Waals surface area contributed by atoms with Crippen LogP contribution in [0.15, 0.2) is 42.5 Å². The summed E-state index contributed by atoms with van der Waals surface area (Å²) in [7, 11) is 1.86. The fourth-order valence-corrected chi connectivity index (χ4v) is 4.94. The van der Waals surface area contributed by atoms with Crippen LogP contribution in [-0.4, -0.2) is 46.5 Å². The number of carbonyl (C=O) groups is 1. The number of nitrogens with zero attached hydrogens (tertiary/aromatic N) is 3. The number of rotatable bonds is 6. The van der Waals surface area contributed by atoms with Crippen molar-refractivity contribution in [3.05, 3.63) is 75.8 Å². The zero-order valence-electron chi connectivity index (χ0n) is 19.4. The summed E-state index contributed by atoms with van der Waals surface area (Å²) in [5, 5.41) is 18.6. The zero-order chi connectivity index (χ0) is 24.4. The Balaban J connectivity index is 1.24. The van der Waals surface area contributed by atoms with Gasteiger partial charge >= 0.3 is 0 Å². The molecular formula is C25H28ClFN6O2. The minimum atomic E-state index is -0.972. The molecule has 2 unspecified atom stereocenters. The van der Waals surface area contributed by atoms with Gasteiger partial charge in [-0.2, -0.15) is 0 Å². The Morgan fingerprint density at radius 3 is 3.00 bits per heavy atom. The second-order valence-electron chi connectivity index (χ2n) is 8.93. The Hall–Kier alpha value is -3.01. The summed E-state index contributed by atoms with van der Waals surface area (Å²) in [5.41, 5.74) is 3.19. The van der Waals surface area contributed by atoms with Crippen molar-refractivity contribution in [2.24, 2.45) is 7.05 Å². The lowest BCUT2D eigenvalue weighted by Gasteiger charge is -2.27. The van der Waals surface area contributed by atoms with Gasteiger partial charge in [-0.3, -0.25) is 4.79 Å². The molecule has 1 fully saturated rings. The molecule has 1 saturated heterocycles. The largest absolute Gasteiger partial charge is 0.378 e. The number of halogens is 2. The number of anilines is 1. The van der Waals surface area contributed by atoms with Crippen LogP contribution < -0.4 is 16.0 Å². The van der Waals surface area contributed by atoms with Gasteiger partial charge in [0.05, 0.1) is 31.7 Å². The summed E-state index contributed by atoms with van der Waals surface area (Å²) < 4.78 is 21.9. The molecule has 2 aromatic carbocycles. The highest BCUT2D eigenvalue weighted by molar-refractivity contribution is 6.31. The van der Waals surface area contributed by atoms with Crippen LogP contribution in [0.4, 0.5) is 10.1 Å². The van der Waals surface area contributed by atoms with Gasteiger partial charge in [0.1, 0.15) is 12.0 Å². The Morgan fingerprint density at radius 2 is 2.14 bits per heavy atom. The smallest absolute Gasteiger partial charge is 0.251 e. The summed E-state index contributed by atoms with van der Waals surface area (Å²) in [5.74, 6) is 0.918. The summed E-state index contributed by atoms with van der Waals surface area (Å²) >= 11 is 6.30. The molecule has 0 bridgehead atoms. The molecule has 5 rings (SSSR count). The van der Waals surface area contributed by atoms with E-state index in [1.807, 2.05) is 41.9 Å². The Morgan fingerprint density at radius 1 is 1.29 bits per heavy atom. The third kappa shape index (κ3) is 5.03. The molecule has 2 aliphatic heterocycles. The first-order valence-electron chi connectivity index (χ1n) is 11.7. The van der Waals surface area contributed by atoms with Gasteiger partial charge in [0.2, 0.25) is 0 Å². The van der Waals surface area contributed by atoms with Crippen molar-refractivity contribution in [3.63, 3.8) is 0 Å². The maximum absolute atomic E-state index is 14.4. The minimum Gasteiger partial charge on any atom is -0.378 e. The van der Waals surface area contributed by atoms with E-state index in [0.29, 0.717) is 55.0 Å². The number of fused-ring (bicyclic) bond motifs is 1. The summed E-state index contributed by atoms with van der Waals surface area (Å²) in [6.07, 6.45) is -0.277. The van der Waals surface area contributed by atoms with Crippen LogP contribution in [0.1, 0.15) is 51.5 Å². The number of benzene rings is 2. The number of aromatic nitrogens is 3. The van der Waals surface area contributed by atoms with Crippen molar-refractivity contribution in [2.45, 2.75) is 37.7 Å². The lowest BCUT2D eigenvalue weighted by Crippen LogP contribution is -2.37. The molecule has 35 heavy (non-hydrogen) atoms. The highest BCUT2D eigenvalue weighted by Crippen LogP contribution is 2.30. The maximum Gasteiger partial charge on any atom is 0.251 e. The first-order valence-corrected chi connectivity index (χ1v) is 12.1. The number of piperidine rings is 1. The maximum atomic E-state index is 14.4. The van der Waals surface area contributed by atoms with Gasteiger partial charge in [0.25, 0.3) is 5.91 Å². The Labute approximate surface area is 208 Å². The Bertz CT molecular complexity index is 1220. The standard InChI is InChI=1S/C25H28ClFN6O2/c1-33-23(31-32-24(33)18-8-9-28-11-21(18)27)12-29-16-5-2-4-15(10-16)25(34)30-22-14-35-13-19-17(22)6-3-7-20(19)26/h2-7,10,18,21-22,28-29H,8-9,11-14H2,1H3,(H,30,34)/t18?,21?,22-/m0/s1. The van der Waals surface area contributed by atoms with Gasteiger partial charge in [-0.05, 0) is 42.8 Å². The second-order valence-corrected chi connectivity index (χ2v) is 9.34. The predicted octanol–water partition coefficient (Wildman–Crippen LogP) is 3.50. The number of nitrogens with one attached hydrogen (secondary N) is 3. The van der Waals surface area contributed by atoms with E-state index in [0.717, 1.165) is 23.4 Å². The lowest BCUT2D eigenvalue weighted by molar-refractivity contribution is 0.0708. The monoisotopic (exact) mass is 498 g/mol. The van der Waals surface area contributed by atoms with E-state index in [-0.39, 0.29) is 17.9 Å². The number of ether oxygens (including phenoxy) is 1. The van der Waals surface area contributed by atoms with Crippen LogP contribution in [-0.2, 0) is 24.9 Å². The molecule has 1 amide bonds. The van der Waals surface area contributed by atoms with E-state index in [2.05, 4.69) is 26.1 Å². The van der Waals surface area contributed by atoms with E-state index in [9.17, 15) is 9.18 Å². The average molecular weight is 499 g/mol. The molecule has 0 saturated carbocycles. The molecule has 3 atom stereocenters. The molecule has 1 aromatic heterocycles. The van der Waals surface area contributed by atoms with E-state index in [1.165, 1.54) is 0 Å². The first-order chi connectivity index (χ1) is 17.0. The third-order valence-electron chi connectivity index (χ3n) is 6.68. The van der Waals surface area contributed by atoms with Crippen LogP contribution in [0, 0.1) is 0 Å². The molecule has 10 heteroatoms. The number of alkyl halides is 1. The number of hydrogen-bond donors (Lipinski definition) is 3. The van der Waals surface area contributed by atoms with Crippen LogP contribution in [0.2, 0.25) is 5.02 Å². The van der Waals surface area contributed by atoms with Gasteiger partial charge in [-0.25, -0.2) is 4.39 Å². The van der Waals surface area contributed by atoms with Crippen molar-refractivity contribution in [2.75, 3.05) is 25.0 Å². The highest BCUT2D eigenvalue weighted by Gasteiger charge is 2.30.